The molecule has 8 heteroatoms. The summed E-state index contributed by atoms with van der Waals surface area (Å²) in [7, 11) is 2.81. The minimum Gasteiger partial charge on any atom is -0.502 e. The number of phenolic OH excluding ortho intramolecular Hbond substituents is 1. The highest BCUT2D eigenvalue weighted by Gasteiger charge is 2.23. The Balaban J connectivity index is 2.30. The van der Waals surface area contributed by atoms with Crippen LogP contribution in [0.3, 0.4) is 0 Å². The quantitative estimate of drug-likeness (QED) is 0.853. The van der Waals surface area contributed by atoms with Gasteiger partial charge in [-0.15, -0.1) is 0 Å². The summed E-state index contributed by atoms with van der Waals surface area (Å²) >= 11 is 1.46. The summed E-state index contributed by atoms with van der Waals surface area (Å²) in [4.78, 5) is 16.9. The van der Waals surface area contributed by atoms with Gasteiger partial charge in [0.25, 0.3) is 5.56 Å². The summed E-state index contributed by atoms with van der Waals surface area (Å²) < 4.78 is 11.7. The Kier molecular flexibility index (Phi) is 3.88. The summed E-state index contributed by atoms with van der Waals surface area (Å²) in [5.41, 5.74) is 0.338. The van der Waals surface area contributed by atoms with Gasteiger partial charge < -0.3 is 14.6 Å². The highest BCUT2D eigenvalue weighted by Crippen LogP contribution is 2.40. The Labute approximate surface area is 136 Å². The first-order valence-electron chi connectivity index (χ1n) is 6.73. The zero-order valence-corrected chi connectivity index (χ0v) is 13.3. The van der Waals surface area contributed by atoms with Crippen LogP contribution in [0.4, 0.5) is 0 Å². The van der Waals surface area contributed by atoms with Crippen molar-refractivity contribution < 1.29 is 14.6 Å². The summed E-state index contributed by atoms with van der Waals surface area (Å²) in [5, 5.41) is 19.9. The molecular formula is C15H13N3O4S. The third kappa shape index (κ3) is 2.39. The highest BCUT2D eigenvalue weighted by atomic mass is 32.2. The van der Waals surface area contributed by atoms with E-state index in [-0.39, 0.29) is 34.1 Å². The van der Waals surface area contributed by atoms with E-state index in [0.29, 0.717) is 17.3 Å². The molecule has 7 nitrogen and oxygen atoms in total. The number of rotatable bonds is 3. The van der Waals surface area contributed by atoms with Crippen molar-refractivity contribution in [2.75, 3.05) is 20.0 Å². The van der Waals surface area contributed by atoms with Gasteiger partial charge in [0.05, 0.1) is 19.9 Å². The van der Waals surface area contributed by atoms with Crippen LogP contribution < -0.4 is 15.0 Å². The summed E-state index contributed by atoms with van der Waals surface area (Å²) in [6.07, 6.45) is 0. The number of thioether (sulfide) groups is 1. The molecule has 3 rings (SSSR count). The third-order valence-electron chi connectivity index (χ3n) is 3.55. The van der Waals surface area contributed by atoms with E-state index in [0.717, 1.165) is 5.75 Å². The fourth-order valence-electron chi connectivity index (χ4n) is 2.41. The molecule has 0 atom stereocenters. The van der Waals surface area contributed by atoms with E-state index in [2.05, 4.69) is 4.98 Å². The lowest BCUT2D eigenvalue weighted by molar-refractivity contribution is 0.340. The monoisotopic (exact) mass is 331 g/mol. The molecule has 1 aromatic carbocycles. The number of hydrogen-bond donors (Lipinski definition) is 1. The zero-order chi connectivity index (χ0) is 16.6. The number of nitriles is 1. The van der Waals surface area contributed by atoms with Crippen LogP contribution in [0.25, 0.3) is 11.3 Å². The lowest BCUT2D eigenvalue weighted by atomic mass is 10.1. The van der Waals surface area contributed by atoms with Gasteiger partial charge in [-0.1, -0.05) is 11.8 Å². The van der Waals surface area contributed by atoms with Gasteiger partial charge in [-0.3, -0.25) is 9.36 Å². The van der Waals surface area contributed by atoms with Gasteiger partial charge in [0.2, 0.25) is 5.75 Å². The lowest BCUT2D eigenvalue weighted by Crippen LogP contribution is -2.24. The second kappa shape index (κ2) is 5.85. The number of hydrogen-bond acceptors (Lipinski definition) is 7. The van der Waals surface area contributed by atoms with E-state index in [1.165, 1.54) is 42.7 Å². The average molecular weight is 331 g/mol. The standard InChI is InChI=1S/C15H13N3O4S/c1-21-10-5-8(6-11(22-2)13(10)19)12-9(7-16)14(20)18-3-4-23-15(18)17-12/h5-6,19H,3-4H2,1-2H3. The van der Waals surface area contributed by atoms with Crippen LogP contribution in [-0.2, 0) is 6.54 Å². The van der Waals surface area contributed by atoms with Gasteiger partial charge in [-0.2, -0.15) is 5.26 Å². The Bertz CT molecular complexity index is 861. The third-order valence-corrected chi connectivity index (χ3v) is 4.50. The molecule has 1 aliphatic rings. The van der Waals surface area contributed by atoms with Gasteiger partial charge in [0.15, 0.2) is 16.7 Å². The van der Waals surface area contributed by atoms with E-state index in [4.69, 9.17) is 9.47 Å². The summed E-state index contributed by atoms with van der Waals surface area (Å²) in [6.45, 7) is 0.545. The number of fused-ring (bicyclic) bond motifs is 1. The van der Waals surface area contributed by atoms with Crippen molar-refractivity contribution in [1.29, 1.82) is 5.26 Å². The smallest absolute Gasteiger partial charge is 0.272 e. The first-order chi connectivity index (χ1) is 11.1. The maximum absolute atomic E-state index is 12.4. The molecule has 0 saturated carbocycles. The van der Waals surface area contributed by atoms with Gasteiger partial charge in [-0.05, 0) is 12.1 Å². The topological polar surface area (TPSA) is 97.4 Å². The maximum atomic E-state index is 12.4. The van der Waals surface area contributed by atoms with Gasteiger partial charge in [0.1, 0.15) is 11.6 Å². The number of methoxy groups -OCH3 is 2. The first-order valence-corrected chi connectivity index (χ1v) is 7.72. The van der Waals surface area contributed by atoms with Crippen molar-refractivity contribution in [2.45, 2.75) is 11.7 Å². The molecule has 0 fully saturated rings. The molecule has 118 valence electrons. The van der Waals surface area contributed by atoms with E-state index < -0.39 is 0 Å². The Morgan fingerprint density at radius 3 is 2.57 bits per heavy atom. The number of benzene rings is 1. The predicted molar refractivity (Wildman–Crippen MR) is 84.1 cm³/mol. The van der Waals surface area contributed by atoms with Crippen molar-refractivity contribution >= 4 is 11.8 Å². The number of phenols is 1. The molecule has 0 aliphatic carbocycles. The minimum atomic E-state index is -0.358. The molecule has 1 N–H and O–H groups in total. The zero-order valence-electron chi connectivity index (χ0n) is 12.5. The Hall–Kier alpha value is -2.66. The maximum Gasteiger partial charge on any atom is 0.272 e. The normalized spacial score (nSPS) is 12.6. The van der Waals surface area contributed by atoms with Crippen LogP contribution >= 0.6 is 11.8 Å². The van der Waals surface area contributed by atoms with Crippen LogP contribution in [0.2, 0.25) is 0 Å². The Morgan fingerprint density at radius 1 is 1.35 bits per heavy atom. The van der Waals surface area contributed by atoms with Crippen LogP contribution in [0.5, 0.6) is 17.2 Å². The van der Waals surface area contributed by atoms with E-state index in [1.54, 1.807) is 0 Å². The van der Waals surface area contributed by atoms with Crippen LogP contribution in [0.15, 0.2) is 22.1 Å². The van der Waals surface area contributed by atoms with Gasteiger partial charge in [0, 0.05) is 17.9 Å². The average Bonchev–Trinajstić information content (AvgIpc) is 3.04. The number of aromatic nitrogens is 2. The SMILES string of the molecule is COc1cc(-c2nc3n(c(=O)c2C#N)CCS3)cc(OC)c1O. The lowest BCUT2D eigenvalue weighted by Gasteiger charge is -2.12. The molecule has 2 aromatic rings. The molecule has 0 spiro atoms. The van der Waals surface area contributed by atoms with Crippen molar-refractivity contribution in [1.82, 2.24) is 9.55 Å². The van der Waals surface area contributed by atoms with Crippen molar-refractivity contribution in [3.05, 3.63) is 28.0 Å². The molecule has 0 bridgehead atoms. The van der Waals surface area contributed by atoms with Crippen LogP contribution in [0, 0.1) is 11.3 Å². The molecule has 0 unspecified atom stereocenters. The Morgan fingerprint density at radius 2 is 2.00 bits per heavy atom. The van der Waals surface area contributed by atoms with Gasteiger partial charge in [-0.25, -0.2) is 4.98 Å². The van der Waals surface area contributed by atoms with E-state index in [9.17, 15) is 15.2 Å². The second-order valence-electron chi connectivity index (χ2n) is 4.76. The predicted octanol–water partition coefficient (Wildman–Crippen LogP) is 1.61. The van der Waals surface area contributed by atoms with Crippen molar-refractivity contribution in [2.24, 2.45) is 0 Å². The molecule has 0 amide bonds. The highest BCUT2D eigenvalue weighted by molar-refractivity contribution is 7.99. The second-order valence-corrected chi connectivity index (χ2v) is 5.83. The van der Waals surface area contributed by atoms with Crippen molar-refractivity contribution in [3.63, 3.8) is 0 Å². The fraction of sp³-hybridized carbons (Fsp3) is 0.267. The first kappa shape index (κ1) is 15.2. The van der Waals surface area contributed by atoms with Crippen LogP contribution in [0.1, 0.15) is 5.56 Å². The molecule has 0 saturated heterocycles. The molecule has 23 heavy (non-hydrogen) atoms. The summed E-state index contributed by atoms with van der Waals surface area (Å²) in [6, 6.07) is 4.98. The number of ether oxygens (including phenoxy) is 2. The number of aromatic hydroxyl groups is 1. The summed E-state index contributed by atoms with van der Waals surface area (Å²) in [5.74, 6) is 0.958. The molecule has 0 radical (unpaired) electrons. The minimum absolute atomic E-state index is 0.0361. The molecule has 1 aromatic heterocycles. The van der Waals surface area contributed by atoms with Gasteiger partial charge >= 0.3 is 0 Å². The van der Waals surface area contributed by atoms with Crippen molar-refractivity contribution in [3.8, 4) is 34.6 Å². The molecular weight excluding hydrogens is 318 g/mol. The van der Waals surface area contributed by atoms with E-state index in [1.807, 2.05) is 6.07 Å². The molecule has 1 aliphatic heterocycles. The largest absolute Gasteiger partial charge is 0.502 e. The van der Waals surface area contributed by atoms with Crippen LogP contribution in [-0.4, -0.2) is 34.6 Å². The molecule has 2 heterocycles. The van der Waals surface area contributed by atoms with E-state index >= 15 is 0 Å². The number of nitrogens with zero attached hydrogens (tertiary/aromatic N) is 3. The fourth-order valence-corrected chi connectivity index (χ4v) is 3.35.